The molecule has 0 amide bonds. The molecule has 0 radical (unpaired) electrons. The lowest BCUT2D eigenvalue weighted by atomic mass is 10.3. The summed E-state index contributed by atoms with van der Waals surface area (Å²) in [5.74, 6) is 0.201. The second-order valence-corrected chi connectivity index (χ2v) is 4.20. The first-order valence-corrected chi connectivity index (χ1v) is 5.83. The highest BCUT2D eigenvalue weighted by molar-refractivity contribution is 6.30. The fourth-order valence-corrected chi connectivity index (χ4v) is 1.78. The summed E-state index contributed by atoms with van der Waals surface area (Å²) in [4.78, 5) is 7.97. The van der Waals surface area contributed by atoms with Crippen molar-refractivity contribution in [1.82, 2.24) is 19.6 Å². The van der Waals surface area contributed by atoms with Crippen LogP contribution in [0.1, 0.15) is 5.56 Å². The van der Waals surface area contributed by atoms with Crippen LogP contribution in [0.15, 0.2) is 30.6 Å². The quantitative estimate of drug-likeness (QED) is 0.676. The number of hydrogen-bond donors (Lipinski definition) is 0. The number of ether oxygens (including phenoxy) is 1. The van der Waals surface area contributed by atoms with Gasteiger partial charge in [0.15, 0.2) is 11.6 Å². The fourth-order valence-electron chi connectivity index (χ4n) is 1.63. The molecule has 19 heavy (non-hydrogen) atoms. The van der Waals surface area contributed by atoms with Crippen LogP contribution in [0.4, 0.5) is 4.39 Å². The van der Waals surface area contributed by atoms with Crippen LogP contribution < -0.4 is 4.74 Å². The van der Waals surface area contributed by atoms with Crippen molar-refractivity contribution in [2.75, 3.05) is 0 Å². The van der Waals surface area contributed by atoms with E-state index in [1.807, 2.05) is 0 Å². The average Bonchev–Trinajstić information content (AvgIpc) is 2.85. The predicted octanol–water partition coefficient (Wildman–Crippen LogP) is 3.02. The van der Waals surface area contributed by atoms with Crippen molar-refractivity contribution in [3.05, 3.63) is 47.1 Å². The van der Waals surface area contributed by atoms with Crippen molar-refractivity contribution in [3.8, 4) is 11.6 Å². The summed E-state index contributed by atoms with van der Waals surface area (Å²) in [6.07, 6.45) is 1.33. The van der Waals surface area contributed by atoms with Gasteiger partial charge in [0.25, 0.3) is 5.78 Å². The molecular weight excluding hydrogens is 271 g/mol. The minimum Gasteiger partial charge on any atom is -0.435 e. The lowest BCUT2D eigenvalue weighted by Gasteiger charge is -2.10. The van der Waals surface area contributed by atoms with Crippen LogP contribution in [0.2, 0.25) is 5.15 Å². The number of aromatic nitrogens is 4. The number of halogens is 2. The van der Waals surface area contributed by atoms with Gasteiger partial charge in [-0.3, -0.25) is 0 Å². The maximum absolute atomic E-state index is 13.6. The highest BCUT2D eigenvalue weighted by Crippen LogP contribution is 2.29. The topological polar surface area (TPSA) is 52.3 Å². The summed E-state index contributed by atoms with van der Waals surface area (Å²) in [7, 11) is 0. The molecule has 0 atom stereocenters. The largest absolute Gasteiger partial charge is 0.435 e. The van der Waals surface area contributed by atoms with Crippen LogP contribution in [-0.2, 0) is 0 Å². The van der Waals surface area contributed by atoms with E-state index in [1.165, 1.54) is 23.0 Å². The average molecular weight is 279 g/mol. The summed E-state index contributed by atoms with van der Waals surface area (Å²) in [6, 6.07) is 6.09. The first kappa shape index (κ1) is 11.9. The van der Waals surface area contributed by atoms with Gasteiger partial charge < -0.3 is 4.74 Å². The van der Waals surface area contributed by atoms with Crippen molar-refractivity contribution in [3.63, 3.8) is 0 Å². The molecule has 0 aliphatic rings. The van der Waals surface area contributed by atoms with Crippen molar-refractivity contribution < 1.29 is 9.13 Å². The van der Waals surface area contributed by atoms with Crippen LogP contribution in [0.5, 0.6) is 11.6 Å². The molecule has 3 aromatic rings. The Bertz CT molecular complexity index is 759. The Morgan fingerprint density at radius 2 is 2.11 bits per heavy atom. The minimum atomic E-state index is -0.469. The van der Waals surface area contributed by atoms with Crippen molar-refractivity contribution in [2.24, 2.45) is 0 Å². The molecular formula is C12H8ClFN4O. The highest BCUT2D eigenvalue weighted by Gasteiger charge is 2.15. The molecule has 1 aromatic carbocycles. The van der Waals surface area contributed by atoms with E-state index < -0.39 is 5.82 Å². The third-order valence-corrected chi connectivity index (χ3v) is 2.96. The van der Waals surface area contributed by atoms with Crippen molar-refractivity contribution >= 4 is 17.4 Å². The van der Waals surface area contributed by atoms with Crippen molar-refractivity contribution in [1.29, 1.82) is 0 Å². The van der Waals surface area contributed by atoms with Crippen LogP contribution in [0, 0.1) is 12.7 Å². The molecule has 7 heteroatoms. The molecule has 96 valence electrons. The number of fused-ring (bicyclic) bond motifs is 1. The van der Waals surface area contributed by atoms with Gasteiger partial charge in [0.1, 0.15) is 11.5 Å². The van der Waals surface area contributed by atoms with E-state index in [2.05, 4.69) is 15.1 Å². The van der Waals surface area contributed by atoms with E-state index in [1.54, 1.807) is 19.1 Å². The van der Waals surface area contributed by atoms with Gasteiger partial charge in [-0.15, -0.1) is 0 Å². The molecule has 0 saturated heterocycles. The van der Waals surface area contributed by atoms with Gasteiger partial charge in [-0.1, -0.05) is 23.7 Å². The van der Waals surface area contributed by atoms with E-state index in [-0.39, 0.29) is 16.8 Å². The fraction of sp³-hybridized carbons (Fsp3) is 0.0833. The van der Waals surface area contributed by atoms with E-state index >= 15 is 0 Å². The smallest absolute Gasteiger partial charge is 0.256 e. The number of rotatable bonds is 2. The molecule has 0 spiro atoms. The van der Waals surface area contributed by atoms with Gasteiger partial charge in [-0.05, 0) is 19.1 Å². The first-order valence-electron chi connectivity index (χ1n) is 5.45. The third-order valence-electron chi connectivity index (χ3n) is 2.59. The predicted molar refractivity (Wildman–Crippen MR) is 67.0 cm³/mol. The summed E-state index contributed by atoms with van der Waals surface area (Å²) < 4.78 is 20.5. The third kappa shape index (κ3) is 2.00. The Kier molecular flexibility index (Phi) is 2.79. The first-order chi connectivity index (χ1) is 9.16. The standard InChI is InChI=1S/C12H8ClFN4O/c1-7-10(13)17-12-15-6-16-18(12)11(7)19-9-5-3-2-4-8(9)14/h2-6H,1H3. The molecule has 5 nitrogen and oxygen atoms in total. The Morgan fingerprint density at radius 3 is 2.89 bits per heavy atom. The molecule has 0 fully saturated rings. The normalized spacial score (nSPS) is 10.9. The molecule has 0 N–H and O–H groups in total. The second-order valence-electron chi connectivity index (χ2n) is 3.84. The Labute approximate surface area is 112 Å². The Hall–Kier alpha value is -2.21. The molecule has 0 bridgehead atoms. The summed E-state index contributed by atoms with van der Waals surface area (Å²) in [5.41, 5.74) is 0.558. The van der Waals surface area contributed by atoms with Gasteiger partial charge in [-0.25, -0.2) is 4.39 Å². The molecule has 0 saturated carbocycles. The molecule has 2 heterocycles. The summed E-state index contributed by atoms with van der Waals surface area (Å²) in [6.45, 7) is 1.71. The van der Waals surface area contributed by atoms with E-state index in [4.69, 9.17) is 16.3 Å². The van der Waals surface area contributed by atoms with Gasteiger partial charge in [0, 0.05) is 5.56 Å². The minimum absolute atomic E-state index is 0.0877. The molecule has 3 rings (SSSR count). The number of nitrogens with zero attached hydrogens (tertiary/aromatic N) is 4. The number of benzene rings is 1. The second kappa shape index (κ2) is 4.47. The lowest BCUT2D eigenvalue weighted by Crippen LogP contribution is -2.02. The lowest BCUT2D eigenvalue weighted by molar-refractivity contribution is 0.412. The van der Waals surface area contributed by atoms with Crippen molar-refractivity contribution in [2.45, 2.75) is 6.92 Å². The highest BCUT2D eigenvalue weighted by atomic mass is 35.5. The van der Waals surface area contributed by atoms with E-state index in [9.17, 15) is 4.39 Å². The maximum atomic E-state index is 13.6. The molecule has 2 aromatic heterocycles. The van der Waals surface area contributed by atoms with Gasteiger partial charge in [0.05, 0.1) is 0 Å². The molecule has 0 aliphatic carbocycles. The zero-order valence-electron chi connectivity index (χ0n) is 9.84. The molecule has 0 unspecified atom stereocenters. The van der Waals surface area contributed by atoms with Crippen LogP contribution in [0.3, 0.4) is 0 Å². The van der Waals surface area contributed by atoms with E-state index in [0.717, 1.165) is 0 Å². The summed E-state index contributed by atoms with van der Waals surface area (Å²) in [5, 5.41) is 4.23. The zero-order chi connectivity index (χ0) is 13.4. The maximum Gasteiger partial charge on any atom is 0.256 e. The SMILES string of the molecule is Cc1c(Cl)nc2ncnn2c1Oc1ccccc1F. The monoisotopic (exact) mass is 278 g/mol. The van der Waals surface area contributed by atoms with E-state index in [0.29, 0.717) is 11.3 Å². The van der Waals surface area contributed by atoms with Gasteiger partial charge >= 0.3 is 0 Å². The zero-order valence-corrected chi connectivity index (χ0v) is 10.6. The van der Waals surface area contributed by atoms with Crippen LogP contribution in [0.25, 0.3) is 5.78 Å². The summed E-state index contributed by atoms with van der Waals surface area (Å²) >= 11 is 5.99. The van der Waals surface area contributed by atoms with Gasteiger partial charge in [0.2, 0.25) is 5.88 Å². The van der Waals surface area contributed by atoms with Crippen LogP contribution in [-0.4, -0.2) is 19.6 Å². The van der Waals surface area contributed by atoms with Gasteiger partial charge in [-0.2, -0.15) is 19.6 Å². The number of hydrogen-bond acceptors (Lipinski definition) is 4. The Balaban J connectivity index is 2.17. The molecule has 0 aliphatic heterocycles. The Morgan fingerprint density at radius 1 is 1.32 bits per heavy atom. The number of para-hydroxylation sites is 1. The van der Waals surface area contributed by atoms with Crippen LogP contribution >= 0.6 is 11.6 Å².